The quantitative estimate of drug-likeness (QED) is 0.421. The van der Waals surface area contributed by atoms with E-state index in [4.69, 9.17) is 9.97 Å². The maximum Gasteiger partial charge on any atom is 0.269 e. The Balaban J connectivity index is 1.62. The molecule has 0 spiro atoms. The number of aromatic nitrogens is 5. The highest BCUT2D eigenvalue weighted by molar-refractivity contribution is 5.89. The van der Waals surface area contributed by atoms with Gasteiger partial charge in [0, 0.05) is 37.8 Å². The normalized spacial score (nSPS) is 11.1. The Morgan fingerprint density at radius 1 is 1.09 bits per heavy atom. The third-order valence-electron chi connectivity index (χ3n) is 5.59. The molecule has 8 nitrogen and oxygen atoms in total. The molecular weight excluding hydrogens is 414 g/mol. The molecule has 33 heavy (non-hydrogen) atoms. The summed E-state index contributed by atoms with van der Waals surface area (Å²) in [6.45, 7) is 0.786. The first-order valence-corrected chi connectivity index (χ1v) is 10.5. The first kappa shape index (κ1) is 20.4. The third-order valence-corrected chi connectivity index (χ3v) is 5.59. The molecular formula is C25H21N7O. The molecule has 2 aromatic carbocycles. The Hall–Kier alpha value is -4.51. The second kappa shape index (κ2) is 8.20. The van der Waals surface area contributed by atoms with Crippen LogP contribution in [0, 0.1) is 11.3 Å². The van der Waals surface area contributed by atoms with E-state index in [1.54, 1.807) is 15.3 Å². The summed E-state index contributed by atoms with van der Waals surface area (Å²) in [5.74, 6) is 1.28. The maximum atomic E-state index is 13.0. The summed E-state index contributed by atoms with van der Waals surface area (Å²) < 4.78 is 3.34. The van der Waals surface area contributed by atoms with Gasteiger partial charge < -0.3 is 4.90 Å². The molecule has 3 heterocycles. The molecule has 0 amide bonds. The van der Waals surface area contributed by atoms with Gasteiger partial charge in [0.15, 0.2) is 5.82 Å². The maximum absolute atomic E-state index is 13.0. The summed E-state index contributed by atoms with van der Waals surface area (Å²) in [7, 11) is 3.86. The minimum Gasteiger partial charge on any atom is -0.355 e. The SMILES string of the molecule is CN(Cc1cnn(C)c1)c1nc(Cn2c(=O)c(C#N)cc3ccccc32)nc2ccccc12. The van der Waals surface area contributed by atoms with Gasteiger partial charge in [-0.2, -0.15) is 10.4 Å². The lowest BCUT2D eigenvalue weighted by atomic mass is 10.1. The molecule has 0 saturated carbocycles. The lowest BCUT2D eigenvalue weighted by Gasteiger charge is -2.20. The molecule has 0 aliphatic heterocycles. The molecule has 0 saturated heterocycles. The van der Waals surface area contributed by atoms with E-state index in [9.17, 15) is 10.1 Å². The molecule has 0 fully saturated rings. The Kier molecular flexibility index (Phi) is 5.07. The van der Waals surface area contributed by atoms with Crippen LogP contribution in [0.1, 0.15) is 17.0 Å². The van der Waals surface area contributed by atoms with Crippen LogP contribution in [-0.4, -0.2) is 31.4 Å². The molecule has 3 aromatic heterocycles. The fourth-order valence-electron chi connectivity index (χ4n) is 4.08. The minimum absolute atomic E-state index is 0.100. The van der Waals surface area contributed by atoms with Crippen molar-refractivity contribution in [2.75, 3.05) is 11.9 Å². The molecule has 0 atom stereocenters. The lowest BCUT2D eigenvalue weighted by molar-refractivity contribution is 0.740. The molecule has 8 heteroatoms. The van der Waals surface area contributed by atoms with Gasteiger partial charge in [-0.3, -0.25) is 14.0 Å². The smallest absolute Gasteiger partial charge is 0.269 e. The van der Waals surface area contributed by atoms with Gasteiger partial charge in [-0.05, 0) is 29.7 Å². The molecule has 5 rings (SSSR count). The van der Waals surface area contributed by atoms with E-state index in [0.717, 1.165) is 33.2 Å². The number of pyridine rings is 1. The second-order valence-corrected chi connectivity index (χ2v) is 7.98. The number of hydrogen-bond acceptors (Lipinski definition) is 6. The predicted octanol–water partition coefficient (Wildman–Crippen LogP) is 3.23. The van der Waals surface area contributed by atoms with Crippen molar-refractivity contribution in [2.45, 2.75) is 13.1 Å². The molecule has 0 N–H and O–H groups in total. The summed E-state index contributed by atoms with van der Waals surface area (Å²) in [4.78, 5) is 24.6. The van der Waals surface area contributed by atoms with E-state index < -0.39 is 0 Å². The Morgan fingerprint density at radius 2 is 1.88 bits per heavy atom. The van der Waals surface area contributed by atoms with Crippen LogP contribution in [0.2, 0.25) is 0 Å². The minimum atomic E-state index is -0.349. The van der Waals surface area contributed by atoms with Gasteiger partial charge in [-0.1, -0.05) is 30.3 Å². The number of hydrogen-bond donors (Lipinski definition) is 0. The van der Waals surface area contributed by atoms with Crippen LogP contribution in [0.4, 0.5) is 5.82 Å². The first-order valence-electron chi connectivity index (χ1n) is 10.5. The number of para-hydroxylation sites is 2. The van der Waals surface area contributed by atoms with E-state index in [-0.39, 0.29) is 17.7 Å². The molecule has 0 radical (unpaired) electrons. The lowest BCUT2D eigenvalue weighted by Crippen LogP contribution is -2.25. The zero-order chi connectivity index (χ0) is 22.9. The third kappa shape index (κ3) is 3.81. The van der Waals surface area contributed by atoms with Crippen molar-refractivity contribution in [1.29, 1.82) is 5.26 Å². The summed E-state index contributed by atoms with van der Waals surface area (Å²) in [5.41, 5.74) is 2.35. The average Bonchev–Trinajstić information content (AvgIpc) is 3.24. The van der Waals surface area contributed by atoms with E-state index >= 15 is 0 Å². The van der Waals surface area contributed by atoms with Crippen molar-refractivity contribution in [3.8, 4) is 6.07 Å². The Labute approximate surface area is 190 Å². The van der Waals surface area contributed by atoms with Crippen molar-refractivity contribution in [1.82, 2.24) is 24.3 Å². The van der Waals surface area contributed by atoms with Crippen molar-refractivity contribution >= 4 is 27.6 Å². The molecule has 5 aromatic rings. The van der Waals surface area contributed by atoms with Crippen molar-refractivity contribution < 1.29 is 0 Å². The Morgan fingerprint density at radius 3 is 2.67 bits per heavy atom. The Bertz CT molecular complexity index is 1590. The number of aryl methyl sites for hydroxylation is 1. The van der Waals surface area contributed by atoms with Crippen molar-refractivity contribution in [3.63, 3.8) is 0 Å². The summed E-state index contributed by atoms with van der Waals surface area (Å²) >= 11 is 0. The fourth-order valence-corrected chi connectivity index (χ4v) is 4.08. The van der Waals surface area contributed by atoms with Crippen LogP contribution in [0.5, 0.6) is 0 Å². The highest BCUT2D eigenvalue weighted by atomic mass is 16.1. The molecule has 162 valence electrons. The standard InChI is InChI=1S/C25H21N7O/c1-30(14-17-13-27-31(2)15-17)24-20-8-4-5-9-21(20)28-23(29-24)16-32-22-10-6-3-7-18(22)11-19(12-26)25(32)33/h3-11,13,15H,14,16H2,1-2H3. The van der Waals surface area contributed by atoms with Crippen LogP contribution >= 0.6 is 0 Å². The van der Waals surface area contributed by atoms with E-state index in [0.29, 0.717) is 12.4 Å². The topological polar surface area (TPSA) is 92.6 Å². The van der Waals surface area contributed by atoms with Crippen LogP contribution < -0.4 is 10.5 Å². The highest BCUT2D eigenvalue weighted by Crippen LogP contribution is 2.25. The van der Waals surface area contributed by atoms with Crippen molar-refractivity contribution in [2.24, 2.45) is 7.05 Å². The van der Waals surface area contributed by atoms with Gasteiger partial charge >= 0.3 is 0 Å². The van der Waals surface area contributed by atoms with Gasteiger partial charge in [0.2, 0.25) is 0 Å². The largest absolute Gasteiger partial charge is 0.355 e. The van der Waals surface area contributed by atoms with Gasteiger partial charge in [-0.15, -0.1) is 0 Å². The molecule has 0 aliphatic carbocycles. The number of nitriles is 1. The summed E-state index contributed by atoms with van der Waals surface area (Å²) in [6.07, 6.45) is 3.81. The number of rotatable bonds is 5. The highest BCUT2D eigenvalue weighted by Gasteiger charge is 2.15. The van der Waals surface area contributed by atoms with Crippen LogP contribution in [-0.2, 0) is 20.1 Å². The summed E-state index contributed by atoms with van der Waals surface area (Å²) in [5, 5.41) is 15.5. The number of nitrogens with zero attached hydrogens (tertiary/aromatic N) is 7. The number of fused-ring (bicyclic) bond motifs is 2. The summed E-state index contributed by atoms with van der Waals surface area (Å²) in [6, 6.07) is 19.0. The number of benzene rings is 2. The predicted molar refractivity (Wildman–Crippen MR) is 127 cm³/mol. The van der Waals surface area contributed by atoms with Crippen molar-refractivity contribution in [3.05, 3.63) is 94.3 Å². The molecule has 0 aliphatic rings. The van der Waals surface area contributed by atoms with E-state index in [1.165, 1.54) is 0 Å². The van der Waals surface area contributed by atoms with E-state index in [2.05, 4.69) is 10.00 Å². The molecule has 0 unspecified atom stereocenters. The van der Waals surface area contributed by atoms with Crippen LogP contribution in [0.15, 0.2) is 71.8 Å². The average molecular weight is 435 g/mol. The van der Waals surface area contributed by atoms with Gasteiger partial charge in [-0.25, -0.2) is 9.97 Å². The zero-order valence-corrected chi connectivity index (χ0v) is 18.3. The first-order chi connectivity index (χ1) is 16.0. The van der Waals surface area contributed by atoms with Crippen LogP contribution in [0.3, 0.4) is 0 Å². The fraction of sp³-hybridized carbons (Fsp3) is 0.160. The van der Waals surface area contributed by atoms with Gasteiger partial charge in [0.1, 0.15) is 17.5 Å². The van der Waals surface area contributed by atoms with Crippen LogP contribution in [0.25, 0.3) is 21.8 Å². The number of anilines is 1. The second-order valence-electron chi connectivity index (χ2n) is 7.98. The zero-order valence-electron chi connectivity index (χ0n) is 18.3. The van der Waals surface area contributed by atoms with Gasteiger partial charge in [0.05, 0.1) is 23.8 Å². The molecule has 0 bridgehead atoms. The monoisotopic (exact) mass is 435 g/mol. The van der Waals surface area contributed by atoms with E-state index in [1.807, 2.05) is 81.1 Å². The van der Waals surface area contributed by atoms with Gasteiger partial charge in [0.25, 0.3) is 5.56 Å².